The number of aryl methyl sites for hydroxylation is 1. The summed E-state index contributed by atoms with van der Waals surface area (Å²) in [5, 5.41) is 0. The van der Waals surface area contributed by atoms with Crippen LogP contribution >= 0.6 is 0 Å². The van der Waals surface area contributed by atoms with Gasteiger partial charge in [0.2, 0.25) is 0 Å². The van der Waals surface area contributed by atoms with Crippen molar-refractivity contribution >= 4 is 17.0 Å². The summed E-state index contributed by atoms with van der Waals surface area (Å²) in [4.78, 5) is 16.2. The number of aromatic nitrogens is 2. The van der Waals surface area contributed by atoms with E-state index < -0.39 is 11.8 Å². The minimum Gasteiger partial charge on any atom is -0.486 e. The average molecular weight is 424 g/mol. The summed E-state index contributed by atoms with van der Waals surface area (Å²) in [6, 6.07) is 14.8. The maximum atomic E-state index is 13.8. The lowest BCUT2D eigenvalue weighted by Crippen LogP contribution is -2.06. The molecule has 0 N–H and O–H groups in total. The zero-order chi connectivity index (χ0) is 22.0. The fourth-order valence-electron chi connectivity index (χ4n) is 3.08. The molecule has 0 aliphatic rings. The lowest BCUT2D eigenvalue weighted by Gasteiger charge is -2.08. The number of rotatable bonds is 6. The average Bonchev–Trinajstić information content (AvgIpc) is 3.08. The smallest absolute Gasteiger partial charge is 0.338 e. The lowest BCUT2D eigenvalue weighted by molar-refractivity contribution is 0.0599. The van der Waals surface area contributed by atoms with Gasteiger partial charge in [0, 0.05) is 19.2 Å². The van der Waals surface area contributed by atoms with E-state index in [4.69, 9.17) is 9.47 Å². The molecule has 0 aliphatic carbocycles. The van der Waals surface area contributed by atoms with E-state index >= 15 is 0 Å². The van der Waals surface area contributed by atoms with Crippen molar-refractivity contribution in [2.24, 2.45) is 7.05 Å². The highest BCUT2D eigenvalue weighted by Crippen LogP contribution is 2.27. The number of esters is 1. The van der Waals surface area contributed by atoms with Crippen LogP contribution in [-0.4, -0.2) is 22.6 Å². The Morgan fingerprint density at radius 3 is 2.42 bits per heavy atom. The monoisotopic (exact) mass is 424 g/mol. The number of methoxy groups -OCH3 is 1. The van der Waals surface area contributed by atoms with Crippen LogP contribution in [0.15, 0.2) is 60.7 Å². The maximum Gasteiger partial charge on any atom is 0.338 e. The third-order valence-corrected chi connectivity index (χ3v) is 4.65. The molecule has 1 heterocycles. The molecule has 0 aliphatic heterocycles. The summed E-state index contributed by atoms with van der Waals surface area (Å²) in [7, 11) is 3.04. The van der Waals surface area contributed by atoms with Gasteiger partial charge in [0.15, 0.2) is 0 Å². The molecule has 0 unspecified atom stereocenters. The third kappa shape index (κ3) is 4.48. The summed E-state index contributed by atoms with van der Waals surface area (Å²) in [5.41, 5.74) is 1.58. The van der Waals surface area contributed by atoms with Crippen molar-refractivity contribution < 1.29 is 27.8 Å². The molecule has 0 fully saturated rings. The summed E-state index contributed by atoms with van der Waals surface area (Å²) in [5.74, 6) is 0.273. The molecule has 158 valence electrons. The Kier molecular flexibility index (Phi) is 5.53. The van der Waals surface area contributed by atoms with Gasteiger partial charge in [-0.15, -0.1) is 0 Å². The predicted octanol–water partition coefficient (Wildman–Crippen LogP) is 5.01. The van der Waals surface area contributed by atoms with Crippen molar-refractivity contribution in [3.8, 4) is 17.2 Å². The fraction of sp³-hybridized carbons (Fsp3) is 0.130. The van der Waals surface area contributed by atoms with Crippen LogP contribution < -0.4 is 9.47 Å². The largest absolute Gasteiger partial charge is 0.486 e. The molecule has 0 spiro atoms. The molecule has 0 saturated heterocycles. The number of fused-ring (bicyclic) bond motifs is 1. The van der Waals surface area contributed by atoms with Gasteiger partial charge in [-0.1, -0.05) is 0 Å². The van der Waals surface area contributed by atoms with Crippen LogP contribution in [0.3, 0.4) is 0 Å². The highest BCUT2D eigenvalue weighted by atomic mass is 19.1. The number of nitrogens with zero attached hydrogens (tertiary/aromatic N) is 2. The van der Waals surface area contributed by atoms with Gasteiger partial charge in [-0.25, -0.2) is 18.6 Å². The van der Waals surface area contributed by atoms with Gasteiger partial charge in [0.05, 0.1) is 23.7 Å². The Labute approximate surface area is 176 Å². The Hall–Kier alpha value is -3.94. The molecule has 4 rings (SSSR count). The van der Waals surface area contributed by atoms with Crippen molar-refractivity contribution in [2.45, 2.75) is 6.61 Å². The van der Waals surface area contributed by atoms with Gasteiger partial charge in [0.25, 0.3) is 0 Å². The van der Waals surface area contributed by atoms with E-state index in [1.54, 1.807) is 24.3 Å². The summed E-state index contributed by atoms with van der Waals surface area (Å²) in [6.45, 7) is 0.0589. The Morgan fingerprint density at radius 2 is 1.68 bits per heavy atom. The molecule has 6 nitrogen and oxygen atoms in total. The second kappa shape index (κ2) is 8.43. The van der Waals surface area contributed by atoms with Gasteiger partial charge < -0.3 is 18.8 Å². The number of hydrogen-bond donors (Lipinski definition) is 0. The zero-order valence-corrected chi connectivity index (χ0v) is 16.8. The van der Waals surface area contributed by atoms with Crippen LogP contribution in [0.1, 0.15) is 16.2 Å². The van der Waals surface area contributed by atoms with Gasteiger partial charge in [-0.2, -0.15) is 0 Å². The molecule has 0 radical (unpaired) electrons. The quantitative estimate of drug-likeness (QED) is 0.407. The van der Waals surface area contributed by atoms with Gasteiger partial charge in [0.1, 0.15) is 41.3 Å². The first-order valence-electron chi connectivity index (χ1n) is 9.33. The van der Waals surface area contributed by atoms with Crippen molar-refractivity contribution in [1.82, 2.24) is 9.55 Å². The van der Waals surface area contributed by atoms with E-state index in [0.29, 0.717) is 17.3 Å². The lowest BCUT2D eigenvalue weighted by atomic mass is 10.2. The second-order valence-electron chi connectivity index (χ2n) is 6.75. The molecule has 0 bridgehead atoms. The van der Waals surface area contributed by atoms with Crippen LogP contribution in [0, 0.1) is 11.6 Å². The van der Waals surface area contributed by atoms with Crippen LogP contribution in [0.25, 0.3) is 11.0 Å². The molecular weight excluding hydrogens is 406 g/mol. The molecule has 3 aromatic carbocycles. The molecule has 31 heavy (non-hydrogen) atoms. The number of hydrogen-bond acceptors (Lipinski definition) is 5. The standard InChI is InChI=1S/C23H18F2N2O4/c1-27-21-12-18(31-17-5-3-15(24)4-6-17)7-8-20(21)26-22(27)13-30-19-10-14(23(28)29-2)9-16(25)11-19/h3-12H,13H2,1-2H3. The fourth-order valence-corrected chi connectivity index (χ4v) is 3.08. The van der Waals surface area contributed by atoms with E-state index in [1.165, 1.54) is 31.4 Å². The highest BCUT2D eigenvalue weighted by Gasteiger charge is 2.13. The van der Waals surface area contributed by atoms with Crippen LogP contribution in [-0.2, 0) is 18.4 Å². The van der Waals surface area contributed by atoms with Crippen molar-refractivity contribution in [3.05, 3.63) is 83.7 Å². The normalized spacial score (nSPS) is 10.8. The van der Waals surface area contributed by atoms with Gasteiger partial charge in [-0.3, -0.25) is 0 Å². The number of halogens is 2. The summed E-state index contributed by atoms with van der Waals surface area (Å²) in [6.07, 6.45) is 0. The minimum absolute atomic E-state index is 0.0589. The summed E-state index contributed by atoms with van der Waals surface area (Å²) >= 11 is 0. The molecule has 0 amide bonds. The second-order valence-corrected chi connectivity index (χ2v) is 6.75. The van der Waals surface area contributed by atoms with Crippen molar-refractivity contribution in [3.63, 3.8) is 0 Å². The number of imidazole rings is 1. The number of carbonyl (C=O) groups is 1. The molecule has 8 heteroatoms. The molecule has 4 aromatic rings. The summed E-state index contributed by atoms with van der Waals surface area (Å²) < 4.78 is 44.7. The number of ether oxygens (including phenoxy) is 3. The minimum atomic E-state index is -0.652. The first-order chi connectivity index (χ1) is 14.9. The van der Waals surface area contributed by atoms with E-state index in [2.05, 4.69) is 9.72 Å². The zero-order valence-electron chi connectivity index (χ0n) is 16.8. The van der Waals surface area contributed by atoms with E-state index in [0.717, 1.165) is 17.1 Å². The highest BCUT2D eigenvalue weighted by molar-refractivity contribution is 5.89. The Morgan fingerprint density at radius 1 is 0.935 bits per heavy atom. The van der Waals surface area contributed by atoms with Crippen molar-refractivity contribution in [2.75, 3.05) is 7.11 Å². The Bertz CT molecular complexity index is 1250. The topological polar surface area (TPSA) is 62.6 Å². The maximum absolute atomic E-state index is 13.8. The van der Waals surface area contributed by atoms with E-state index in [-0.39, 0.29) is 23.7 Å². The van der Waals surface area contributed by atoms with E-state index in [9.17, 15) is 13.6 Å². The number of carbonyl (C=O) groups excluding carboxylic acids is 1. The van der Waals surface area contributed by atoms with Crippen LogP contribution in [0.4, 0.5) is 8.78 Å². The van der Waals surface area contributed by atoms with Crippen LogP contribution in [0.5, 0.6) is 17.2 Å². The third-order valence-electron chi connectivity index (χ3n) is 4.65. The van der Waals surface area contributed by atoms with Crippen molar-refractivity contribution in [1.29, 1.82) is 0 Å². The van der Waals surface area contributed by atoms with E-state index in [1.807, 2.05) is 17.7 Å². The van der Waals surface area contributed by atoms with Gasteiger partial charge >= 0.3 is 5.97 Å². The molecule has 0 saturated carbocycles. The van der Waals surface area contributed by atoms with Gasteiger partial charge in [-0.05, 0) is 48.5 Å². The molecule has 0 atom stereocenters. The number of benzene rings is 3. The first-order valence-corrected chi connectivity index (χ1v) is 9.33. The predicted molar refractivity (Wildman–Crippen MR) is 109 cm³/mol. The van der Waals surface area contributed by atoms with Crippen LogP contribution in [0.2, 0.25) is 0 Å². The Balaban J connectivity index is 1.54. The molecular formula is C23H18F2N2O4. The molecule has 1 aromatic heterocycles. The SMILES string of the molecule is COC(=O)c1cc(F)cc(OCc2nc3ccc(Oc4ccc(F)cc4)cc3n2C)c1. The first kappa shape index (κ1) is 20.3.